The summed E-state index contributed by atoms with van der Waals surface area (Å²) in [5.41, 5.74) is 0. The number of unbranched alkanes of at least 4 members (excludes halogenated alkanes) is 7. The SMILES string of the molecule is CCCCOC(CCCCCCC/C=C/CCBr)OCCCC. The van der Waals surface area contributed by atoms with Gasteiger partial charge in [-0.05, 0) is 44.9 Å². The Kier molecular flexibility index (Phi) is 20.3. The van der Waals surface area contributed by atoms with Gasteiger partial charge in [0.25, 0.3) is 0 Å². The number of hydrogen-bond donors (Lipinski definition) is 0. The summed E-state index contributed by atoms with van der Waals surface area (Å²) in [4.78, 5) is 0. The Morgan fingerprint density at radius 3 is 1.91 bits per heavy atom. The van der Waals surface area contributed by atoms with Gasteiger partial charge in [0.1, 0.15) is 0 Å². The summed E-state index contributed by atoms with van der Waals surface area (Å²) in [5.74, 6) is 0. The van der Waals surface area contributed by atoms with Crippen molar-refractivity contribution >= 4 is 15.9 Å². The van der Waals surface area contributed by atoms with Crippen LogP contribution in [0.15, 0.2) is 12.2 Å². The van der Waals surface area contributed by atoms with Gasteiger partial charge in [0, 0.05) is 18.5 Å². The Bertz CT molecular complexity index is 234. The highest BCUT2D eigenvalue weighted by atomic mass is 79.9. The average molecular weight is 391 g/mol. The van der Waals surface area contributed by atoms with Crippen molar-refractivity contribution in [3.63, 3.8) is 0 Å². The summed E-state index contributed by atoms with van der Waals surface area (Å²) < 4.78 is 11.8. The van der Waals surface area contributed by atoms with Gasteiger partial charge in [-0.15, -0.1) is 0 Å². The lowest BCUT2D eigenvalue weighted by Crippen LogP contribution is -2.18. The van der Waals surface area contributed by atoms with Crippen LogP contribution in [0.2, 0.25) is 0 Å². The second-order valence-corrected chi connectivity index (χ2v) is 6.97. The molecular formula is C20H39BrO2. The second kappa shape index (κ2) is 20.2. The van der Waals surface area contributed by atoms with Crippen molar-refractivity contribution in [3.05, 3.63) is 12.2 Å². The van der Waals surface area contributed by atoms with E-state index in [9.17, 15) is 0 Å². The van der Waals surface area contributed by atoms with Crippen LogP contribution in [0.5, 0.6) is 0 Å². The van der Waals surface area contributed by atoms with Gasteiger partial charge in [-0.1, -0.05) is 74.0 Å². The van der Waals surface area contributed by atoms with Gasteiger partial charge in [0.15, 0.2) is 6.29 Å². The van der Waals surface area contributed by atoms with E-state index < -0.39 is 0 Å². The lowest BCUT2D eigenvalue weighted by Gasteiger charge is -2.18. The molecule has 0 bridgehead atoms. The molecule has 0 atom stereocenters. The van der Waals surface area contributed by atoms with Crippen LogP contribution in [0.1, 0.15) is 90.9 Å². The number of hydrogen-bond acceptors (Lipinski definition) is 2. The standard InChI is InChI=1S/C20H39BrO2/c1-3-5-18-22-20(23-19-6-4-2)16-14-12-10-8-7-9-11-13-15-17-21/h11,13,20H,3-10,12,14-19H2,1-2H3/b13-11+. The molecule has 0 amide bonds. The first-order valence-electron chi connectivity index (χ1n) is 9.79. The lowest BCUT2D eigenvalue weighted by atomic mass is 10.1. The second-order valence-electron chi connectivity index (χ2n) is 6.17. The third-order valence-corrected chi connectivity index (χ3v) is 4.31. The molecule has 0 radical (unpaired) electrons. The first kappa shape index (κ1) is 23.1. The van der Waals surface area contributed by atoms with Crippen LogP contribution >= 0.6 is 15.9 Å². The lowest BCUT2D eigenvalue weighted by molar-refractivity contribution is -0.147. The number of ether oxygens (including phenoxy) is 2. The van der Waals surface area contributed by atoms with E-state index in [1.807, 2.05) is 0 Å². The zero-order chi connectivity index (χ0) is 17.0. The highest BCUT2D eigenvalue weighted by molar-refractivity contribution is 9.09. The first-order valence-corrected chi connectivity index (χ1v) is 10.9. The Morgan fingerprint density at radius 1 is 0.739 bits per heavy atom. The molecule has 23 heavy (non-hydrogen) atoms. The highest BCUT2D eigenvalue weighted by Crippen LogP contribution is 2.13. The van der Waals surface area contributed by atoms with Crippen molar-refractivity contribution in [2.75, 3.05) is 18.5 Å². The van der Waals surface area contributed by atoms with Gasteiger partial charge in [-0.25, -0.2) is 0 Å². The Hall–Kier alpha value is 0.140. The van der Waals surface area contributed by atoms with Crippen LogP contribution in [0.3, 0.4) is 0 Å². The molecule has 0 saturated heterocycles. The molecule has 0 aliphatic heterocycles. The maximum Gasteiger partial charge on any atom is 0.157 e. The first-order chi connectivity index (χ1) is 11.3. The van der Waals surface area contributed by atoms with Gasteiger partial charge in [-0.2, -0.15) is 0 Å². The largest absolute Gasteiger partial charge is 0.353 e. The van der Waals surface area contributed by atoms with Gasteiger partial charge >= 0.3 is 0 Å². The predicted octanol–water partition coefficient (Wildman–Crippen LogP) is 7.02. The summed E-state index contributed by atoms with van der Waals surface area (Å²) in [6, 6.07) is 0. The quantitative estimate of drug-likeness (QED) is 0.108. The molecule has 0 aromatic carbocycles. The minimum atomic E-state index is 0.0280. The molecule has 0 saturated carbocycles. The van der Waals surface area contributed by atoms with Crippen LogP contribution in [-0.2, 0) is 9.47 Å². The molecule has 0 rings (SSSR count). The van der Waals surface area contributed by atoms with E-state index in [4.69, 9.17) is 9.47 Å². The van der Waals surface area contributed by atoms with E-state index in [1.165, 1.54) is 51.4 Å². The summed E-state index contributed by atoms with van der Waals surface area (Å²) >= 11 is 3.44. The van der Waals surface area contributed by atoms with Crippen molar-refractivity contribution in [2.24, 2.45) is 0 Å². The van der Waals surface area contributed by atoms with Crippen LogP contribution < -0.4 is 0 Å². The normalized spacial score (nSPS) is 11.8. The average Bonchev–Trinajstić information content (AvgIpc) is 2.56. The Morgan fingerprint density at radius 2 is 1.30 bits per heavy atom. The van der Waals surface area contributed by atoms with E-state index in [0.29, 0.717) is 0 Å². The van der Waals surface area contributed by atoms with E-state index in [0.717, 1.165) is 44.2 Å². The molecular weight excluding hydrogens is 352 g/mol. The zero-order valence-corrected chi connectivity index (χ0v) is 17.1. The molecule has 138 valence electrons. The fourth-order valence-corrected chi connectivity index (χ4v) is 2.60. The van der Waals surface area contributed by atoms with Crippen molar-refractivity contribution in [2.45, 2.75) is 97.2 Å². The summed E-state index contributed by atoms with van der Waals surface area (Å²) in [7, 11) is 0. The van der Waals surface area contributed by atoms with E-state index in [-0.39, 0.29) is 6.29 Å². The third-order valence-electron chi connectivity index (χ3n) is 3.86. The molecule has 0 N–H and O–H groups in total. The zero-order valence-electron chi connectivity index (χ0n) is 15.5. The molecule has 0 fully saturated rings. The Balaban J connectivity index is 3.55. The maximum absolute atomic E-state index is 5.88. The van der Waals surface area contributed by atoms with Gasteiger partial charge in [0.05, 0.1) is 0 Å². The number of rotatable bonds is 18. The number of halogens is 1. The molecule has 0 spiro atoms. The molecule has 0 aromatic rings. The van der Waals surface area contributed by atoms with Gasteiger partial charge in [-0.3, -0.25) is 0 Å². The smallest absolute Gasteiger partial charge is 0.157 e. The molecule has 0 unspecified atom stereocenters. The van der Waals surface area contributed by atoms with Crippen molar-refractivity contribution < 1.29 is 9.47 Å². The molecule has 0 aromatic heterocycles. The summed E-state index contributed by atoms with van der Waals surface area (Å²) in [5, 5.41) is 1.07. The van der Waals surface area contributed by atoms with Crippen LogP contribution in [0.25, 0.3) is 0 Å². The fourth-order valence-electron chi connectivity index (χ4n) is 2.34. The molecule has 2 nitrogen and oxygen atoms in total. The van der Waals surface area contributed by atoms with Gasteiger partial charge in [0.2, 0.25) is 0 Å². The molecule has 0 aliphatic carbocycles. The van der Waals surface area contributed by atoms with E-state index >= 15 is 0 Å². The Labute approximate surface area is 153 Å². The fraction of sp³-hybridized carbons (Fsp3) is 0.900. The van der Waals surface area contributed by atoms with E-state index in [1.54, 1.807) is 0 Å². The van der Waals surface area contributed by atoms with Crippen LogP contribution in [0.4, 0.5) is 0 Å². The molecule has 0 aliphatic rings. The summed E-state index contributed by atoms with van der Waals surface area (Å²) in [6.45, 7) is 6.08. The minimum absolute atomic E-state index is 0.0280. The highest BCUT2D eigenvalue weighted by Gasteiger charge is 2.08. The topological polar surface area (TPSA) is 18.5 Å². The van der Waals surface area contributed by atoms with Crippen LogP contribution in [0, 0.1) is 0 Å². The number of allylic oxidation sites excluding steroid dienone is 2. The van der Waals surface area contributed by atoms with Crippen molar-refractivity contribution in [1.82, 2.24) is 0 Å². The minimum Gasteiger partial charge on any atom is -0.353 e. The molecule has 0 heterocycles. The number of alkyl halides is 1. The molecule has 3 heteroatoms. The predicted molar refractivity (Wildman–Crippen MR) is 105 cm³/mol. The maximum atomic E-state index is 5.88. The van der Waals surface area contributed by atoms with Gasteiger partial charge < -0.3 is 9.47 Å². The van der Waals surface area contributed by atoms with Crippen LogP contribution in [-0.4, -0.2) is 24.8 Å². The summed E-state index contributed by atoms with van der Waals surface area (Å²) in [6.07, 6.45) is 19.2. The third kappa shape index (κ3) is 18.3. The van der Waals surface area contributed by atoms with Crippen molar-refractivity contribution in [3.8, 4) is 0 Å². The van der Waals surface area contributed by atoms with E-state index in [2.05, 4.69) is 41.9 Å². The monoisotopic (exact) mass is 390 g/mol. The van der Waals surface area contributed by atoms with Crippen molar-refractivity contribution in [1.29, 1.82) is 0 Å².